The molecule has 0 fully saturated rings. The van der Waals surface area contributed by atoms with E-state index in [1.54, 1.807) is 6.07 Å². The summed E-state index contributed by atoms with van der Waals surface area (Å²) in [4.78, 5) is 13.9. The first-order valence-corrected chi connectivity index (χ1v) is 7.56. The van der Waals surface area contributed by atoms with Gasteiger partial charge in [0, 0.05) is 24.3 Å². The molecule has 0 aliphatic carbocycles. The minimum absolute atomic E-state index is 0.222. The van der Waals surface area contributed by atoms with Crippen molar-refractivity contribution in [2.24, 2.45) is 0 Å². The van der Waals surface area contributed by atoms with Gasteiger partial charge in [0.2, 0.25) is 0 Å². The molecule has 0 radical (unpaired) electrons. The van der Waals surface area contributed by atoms with Gasteiger partial charge in [-0.15, -0.1) is 13.2 Å². The quantitative estimate of drug-likeness (QED) is 0.754. The number of rotatable bonds is 1. The Labute approximate surface area is 129 Å². The third kappa shape index (κ3) is 2.44. The number of anilines is 1. The van der Waals surface area contributed by atoms with Gasteiger partial charge in [-0.3, -0.25) is 0 Å². The Morgan fingerprint density at radius 2 is 1.87 bits per heavy atom. The first-order valence-electron chi connectivity index (χ1n) is 7.56. The van der Waals surface area contributed by atoms with E-state index in [1.807, 2.05) is 0 Å². The topological polar surface area (TPSA) is 42.7 Å². The maximum absolute atomic E-state index is 12.6. The molecule has 1 aromatic carbocycles. The largest absolute Gasteiger partial charge is 0.573 e. The van der Waals surface area contributed by atoms with Crippen molar-refractivity contribution in [2.75, 3.05) is 18.0 Å². The number of nitrogens with zero attached hydrogens (tertiary/aromatic N) is 1. The van der Waals surface area contributed by atoms with Gasteiger partial charge in [0.05, 0.1) is 11.5 Å². The highest BCUT2D eigenvalue weighted by Gasteiger charge is 2.34. The van der Waals surface area contributed by atoms with Gasteiger partial charge < -0.3 is 14.1 Å². The van der Waals surface area contributed by atoms with Crippen LogP contribution in [0, 0.1) is 0 Å². The predicted molar refractivity (Wildman–Crippen MR) is 78.0 cm³/mol. The second-order valence-corrected chi connectivity index (χ2v) is 5.91. The average molecular weight is 325 g/mol. The minimum Gasteiger partial charge on any atom is -0.422 e. The van der Waals surface area contributed by atoms with Gasteiger partial charge in [0.1, 0.15) is 11.3 Å². The number of hydrogen-bond donors (Lipinski definition) is 0. The lowest BCUT2D eigenvalue weighted by molar-refractivity contribution is -0.274. The Kier molecular flexibility index (Phi) is 3.08. The van der Waals surface area contributed by atoms with Crippen LogP contribution in [0.3, 0.4) is 0 Å². The van der Waals surface area contributed by atoms with Gasteiger partial charge in [-0.1, -0.05) is 0 Å². The average Bonchev–Trinajstić information content (AvgIpc) is 2.47. The fourth-order valence-electron chi connectivity index (χ4n) is 3.65. The second-order valence-electron chi connectivity index (χ2n) is 5.91. The molecule has 0 bridgehead atoms. The smallest absolute Gasteiger partial charge is 0.422 e. The summed E-state index contributed by atoms with van der Waals surface area (Å²) in [6, 6.07) is 2.44. The zero-order valence-corrected chi connectivity index (χ0v) is 12.2. The Morgan fingerprint density at radius 3 is 2.61 bits per heavy atom. The summed E-state index contributed by atoms with van der Waals surface area (Å²) in [6.45, 7) is 1.85. The molecule has 3 heterocycles. The number of fused-ring (bicyclic) bond motifs is 2. The highest BCUT2D eigenvalue weighted by molar-refractivity contribution is 5.92. The van der Waals surface area contributed by atoms with Gasteiger partial charge in [0.25, 0.3) is 0 Å². The zero-order chi connectivity index (χ0) is 16.2. The molecular formula is C16H14F3NO3. The molecule has 7 heteroatoms. The van der Waals surface area contributed by atoms with Gasteiger partial charge in [-0.05, 0) is 37.3 Å². The van der Waals surface area contributed by atoms with E-state index in [0.717, 1.165) is 55.2 Å². The SMILES string of the molecule is O=c1cc(OC(F)(F)F)c2cc3c4c(c2o1)CCCN4CCC3. The van der Waals surface area contributed by atoms with Crippen LogP contribution >= 0.6 is 0 Å². The fourth-order valence-corrected chi connectivity index (χ4v) is 3.65. The van der Waals surface area contributed by atoms with E-state index >= 15 is 0 Å². The van der Waals surface area contributed by atoms with Crippen molar-refractivity contribution >= 4 is 16.7 Å². The minimum atomic E-state index is -4.85. The van der Waals surface area contributed by atoms with Crippen LogP contribution in [0.5, 0.6) is 5.75 Å². The van der Waals surface area contributed by atoms with Crippen molar-refractivity contribution < 1.29 is 22.3 Å². The molecule has 2 aliphatic heterocycles. The summed E-state index contributed by atoms with van der Waals surface area (Å²) in [5, 5.41) is 0.222. The molecule has 4 rings (SSSR count). The van der Waals surface area contributed by atoms with E-state index < -0.39 is 17.7 Å². The van der Waals surface area contributed by atoms with E-state index in [2.05, 4.69) is 9.64 Å². The molecule has 0 amide bonds. The molecule has 2 aromatic rings. The predicted octanol–water partition coefficient (Wildman–Crippen LogP) is 3.39. The number of alkyl halides is 3. The van der Waals surface area contributed by atoms with Crippen molar-refractivity contribution in [3.8, 4) is 5.75 Å². The molecule has 2 aliphatic rings. The number of halogens is 3. The van der Waals surface area contributed by atoms with Crippen LogP contribution in [0.15, 0.2) is 21.3 Å². The molecule has 23 heavy (non-hydrogen) atoms. The Balaban J connectivity index is 2.02. The third-order valence-electron chi connectivity index (χ3n) is 4.42. The molecule has 0 saturated carbocycles. The molecule has 0 unspecified atom stereocenters. The lowest BCUT2D eigenvalue weighted by Gasteiger charge is -2.37. The Morgan fingerprint density at radius 1 is 1.13 bits per heavy atom. The lowest BCUT2D eigenvalue weighted by Crippen LogP contribution is -2.34. The maximum atomic E-state index is 12.6. The maximum Gasteiger partial charge on any atom is 0.573 e. The summed E-state index contributed by atoms with van der Waals surface area (Å²) in [6.07, 6.45) is -1.50. The molecule has 0 saturated heterocycles. The molecule has 0 spiro atoms. The van der Waals surface area contributed by atoms with Gasteiger partial charge in [-0.2, -0.15) is 0 Å². The summed E-state index contributed by atoms with van der Waals surface area (Å²) >= 11 is 0. The summed E-state index contributed by atoms with van der Waals surface area (Å²) in [7, 11) is 0. The highest BCUT2D eigenvalue weighted by Crippen LogP contribution is 2.42. The normalized spacial score (nSPS) is 17.3. The van der Waals surface area contributed by atoms with Crippen LogP contribution in [0.2, 0.25) is 0 Å². The lowest BCUT2D eigenvalue weighted by atomic mass is 9.90. The molecule has 0 atom stereocenters. The Hall–Kier alpha value is -2.18. The van der Waals surface area contributed by atoms with Crippen LogP contribution in [0.25, 0.3) is 11.0 Å². The van der Waals surface area contributed by atoms with Crippen molar-refractivity contribution in [3.63, 3.8) is 0 Å². The van der Waals surface area contributed by atoms with Crippen LogP contribution in [-0.4, -0.2) is 19.5 Å². The molecule has 1 aromatic heterocycles. The third-order valence-corrected chi connectivity index (χ3v) is 4.42. The molecular weight excluding hydrogens is 311 g/mol. The van der Waals surface area contributed by atoms with Crippen LogP contribution in [0.1, 0.15) is 24.0 Å². The van der Waals surface area contributed by atoms with Gasteiger partial charge >= 0.3 is 12.0 Å². The van der Waals surface area contributed by atoms with E-state index in [9.17, 15) is 18.0 Å². The summed E-state index contributed by atoms with van der Waals surface area (Å²) < 4.78 is 47.2. The summed E-state index contributed by atoms with van der Waals surface area (Å²) in [5.41, 5.74) is 2.25. The number of ether oxygens (including phenoxy) is 1. The number of hydrogen-bond acceptors (Lipinski definition) is 4. The fraction of sp³-hybridized carbons (Fsp3) is 0.438. The van der Waals surface area contributed by atoms with E-state index in [4.69, 9.17) is 4.42 Å². The van der Waals surface area contributed by atoms with Gasteiger partial charge in [-0.25, -0.2) is 4.79 Å². The molecule has 122 valence electrons. The second kappa shape index (κ2) is 4.91. The van der Waals surface area contributed by atoms with Crippen LogP contribution in [-0.2, 0) is 12.8 Å². The van der Waals surface area contributed by atoms with Crippen molar-refractivity contribution in [3.05, 3.63) is 33.7 Å². The van der Waals surface area contributed by atoms with Crippen molar-refractivity contribution in [2.45, 2.75) is 32.0 Å². The van der Waals surface area contributed by atoms with Crippen LogP contribution < -0.4 is 15.3 Å². The first-order chi connectivity index (χ1) is 10.9. The standard InChI is InChI=1S/C16H14F3NO3/c17-16(18,19)23-12-8-13(21)22-15-10-4-2-6-20-5-1-3-9(14(10)20)7-11(12)15/h7-8H,1-6H2. The molecule has 4 nitrogen and oxygen atoms in total. The number of aryl methyl sites for hydroxylation is 2. The number of benzene rings is 1. The van der Waals surface area contributed by atoms with Crippen molar-refractivity contribution in [1.82, 2.24) is 0 Å². The van der Waals surface area contributed by atoms with Gasteiger partial charge in [0.15, 0.2) is 0 Å². The highest BCUT2D eigenvalue weighted by atomic mass is 19.4. The van der Waals surface area contributed by atoms with E-state index in [0.29, 0.717) is 6.42 Å². The van der Waals surface area contributed by atoms with E-state index in [1.165, 1.54) is 0 Å². The molecule has 0 N–H and O–H groups in total. The first kappa shape index (κ1) is 14.4. The Bertz CT molecular complexity index is 839. The van der Waals surface area contributed by atoms with E-state index in [-0.39, 0.29) is 11.0 Å². The monoisotopic (exact) mass is 325 g/mol. The zero-order valence-electron chi connectivity index (χ0n) is 12.2. The summed E-state index contributed by atoms with van der Waals surface area (Å²) in [5.74, 6) is -0.481. The van der Waals surface area contributed by atoms with Crippen LogP contribution in [0.4, 0.5) is 18.9 Å². The van der Waals surface area contributed by atoms with Crippen molar-refractivity contribution in [1.29, 1.82) is 0 Å².